The zero-order chi connectivity index (χ0) is 21.8. The molecule has 0 bridgehead atoms. The molecule has 4 rings (SSSR count). The standard InChI is InChI=1S/C18H28N4O.C2HF3O2/c1-2-15-13-19-17(20-14-15)22-5-3-18(4-6-22)11-16(12-18)21-7-9-23-10-8-21;3-2(4,5)1(6)7/h13-14,16H,2-12H2,1H3;(H,6,7). The Labute approximate surface area is 174 Å². The van der Waals surface area contributed by atoms with E-state index >= 15 is 0 Å². The number of aliphatic carboxylic acids is 1. The Morgan fingerprint density at radius 2 is 1.70 bits per heavy atom. The molecule has 0 aromatic carbocycles. The average molecular weight is 430 g/mol. The van der Waals surface area contributed by atoms with Gasteiger partial charge in [0, 0.05) is 44.6 Å². The van der Waals surface area contributed by atoms with Crippen molar-refractivity contribution in [2.24, 2.45) is 5.41 Å². The maximum atomic E-state index is 10.6. The fourth-order valence-electron chi connectivity index (χ4n) is 4.42. The summed E-state index contributed by atoms with van der Waals surface area (Å²) in [4.78, 5) is 23.0. The summed E-state index contributed by atoms with van der Waals surface area (Å²) in [5.41, 5.74) is 1.82. The summed E-state index contributed by atoms with van der Waals surface area (Å²) in [5.74, 6) is -1.84. The number of morpholine rings is 1. The fourth-order valence-corrected chi connectivity index (χ4v) is 4.42. The maximum absolute atomic E-state index is 10.6. The molecule has 1 spiro atoms. The molecule has 1 aromatic rings. The first-order valence-electron chi connectivity index (χ1n) is 10.4. The van der Waals surface area contributed by atoms with Gasteiger partial charge in [0.15, 0.2) is 0 Å². The fraction of sp³-hybridized carbons (Fsp3) is 0.750. The van der Waals surface area contributed by atoms with Crippen molar-refractivity contribution in [3.8, 4) is 0 Å². The molecule has 7 nitrogen and oxygen atoms in total. The lowest BCUT2D eigenvalue weighted by molar-refractivity contribution is -0.192. The molecule has 0 amide bonds. The van der Waals surface area contributed by atoms with E-state index in [2.05, 4.69) is 26.7 Å². The predicted octanol–water partition coefficient (Wildman–Crippen LogP) is 2.75. The minimum atomic E-state index is -5.08. The molecule has 2 saturated heterocycles. The van der Waals surface area contributed by atoms with Gasteiger partial charge in [-0.25, -0.2) is 14.8 Å². The SMILES string of the molecule is CCc1cnc(N2CCC3(CC2)CC(N2CCOCC2)C3)nc1.O=C(O)C(F)(F)F. The normalized spacial score (nSPS) is 22.2. The first kappa shape index (κ1) is 22.7. The monoisotopic (exact) mass is 430 g/mol. The molecular formula is C20H29F3N4O3. The smallest absolute Gasteiger partial charge is 0.475 e. The summed E-state index contributed by atoms with van der Waals surface area (Å²) in [5, 5.41) is 7.12. The van der Waals surface area contributed by atoms with Gasteiger partial charge in [-0.1, -0.05) is 6.92 Å². The second-order valence-electron chi connectivity index (χ2n) is 8.25. The molecule has 3 heterocycles. The Bertz CT molecular complexity index is 692. The van der Waals surface area contributed by atoms with Crippen LogP contribution in [0.5, 0.6) is 0 Å². The number of ether oxygens (including phenoxy) is 1. The number of nitrogens with zero attached hydrogens (tertiary/aromatic N) is 4. The van der Waals surface area contributed by atoms with Crippen molar-refractivity contribution >= 4 is 11.9 Å². The lowest BCUT2D eigenvalue weighted by Gasteiger charge is -2.55. The van der Waals surface area contributed by atoms with Gasteiger partial charge in [-0.05, 0) is 43.1 Å². The largest absolute Gasteiger partial charge is 0.490 e. The van der Waals surface area contributed by atoms with Crippen molar-refractivity contribution in [3.63, 3.8) is 0 Å². The number of carboxylic acid groups (broad SMARTS) is 1. The highest BCUT2D eigenvalue weighted by molar-refractivity contribution is 5.73. The van der Waals surface area contributed by atoms with E-state index in [9.17, 15) is 13.2 Å². The maximum Gasteiger partial charge on any atom is 0.490 e. The van der Waals surface area contributed by atoms with Crippen LogP contribution in [0.3, 0.4) is 0 Å². The topological polar surface area (TPSA) is 78.8 Å². The second kappa shape index (κ2) is 9.47. The summed E-state index contributed by atoms with van der Waals surface area (Å²) in [6, 6.07) is 0.811. The zero-order valence-electron chi connectivity index (χ0n) is 17.2. The molecule has 10 heteroatoms. The highest BCUT2D eigenvalue weighted by Gasteiger charge is 2.48. The van der Waals surface area contributed by atoms with Crippen molar-refractivity contribution in [3.05, 3.63) is 18.0 Å². The first-order valence-corrected chi connectivity index (χ1v) is 10.4. The van der Waals surface area contributed by atoms with Crippen LogP contribution in [0.2, 0.25) is 0 Å². The second-order valence-corrected chi connectivity index (χ2v) is 8.25. The number of anilines is 1. The van der Waals surface area contributed by atoms with Crippen molar-refractivity contribution in [2.75, 3.05) is 44.3 Å². The molecule has 3 aliphatic rings. The summed E-state index contributed by atoms with van der Waals surface area (Å²) in [6.45, 7) is 8.47. The van der Waals surface area contributed by atoms with Gasteiger partial charge in [-0.15, -0.1) is 0 Å². The minimum Gasteiger partial charge on any atom is -0.475 e. The molecule has 1 N–H and O–H groups in total. The number of hydrogen-bond acceptors (Lipinski definition) is 6. The van der Waals surface area contributed by atoms with Crippen molar-refractivity contribution < 1.29 is 27.8 Å². The van der Waals surface area contributed by atoms with Crippen LogP contribution < -0.4 is 4.90 Å². The highest BCUT2D eigenvalue weighted by atomic mass is 19.4. The number of aryl methyl sites for hydroxylation is 1. The van der Waals surface area contributed by atoms with Crippen LogP contribution >= 0.6 is 0 Å². The van der Waals surface area contributed by atoms with Gasteiger partial charge >= 0.3 is 12.1 Å². The van der Waals surface area contributed by atoms with Crippen molar-refractivity contribution in [1.29, 1.82) is 0 Å². The lowest BCUT2D eigenvalue weighted by Crippen LogP contribution is -2.57. The van der Waals surface area contributed by atoms with Gasteiger partial charge in [0.1, 0.15) is 0 Å². The molecule has 0 radical (unpaired) electrons. The molecule has 1 aromatic heterocycles. The predicted molar refractivity (Wildman–Crippen MR) is 104 cm³/mol. The first-order chi connectivity index (χ1) is 14.2. The molecule has 30 heavy (non-hydrogen) atoms. The van der Waals surface area contributed by atoms with Crippen LogP contribution in [-0.4, -0.2) is 77.6 Å². The third-order valence-electron chi connectivity index (χ3n) is 6.35. The Hall–Kier alpha value is -1.94. The van der Waals surface area contributed by atoms with E-state index in [-0.39, 0.29) is 0 Å². The molecule has 1 aliphatic carbocycles. The van der Waals surface area contributed by atoms with Crippen LogP contribution in [0.15, 0.2) is 12.4 Å². The number of hydrogen-bond donors (Lipinski definition) is 1. The molecule has 168 valence electrons. The van der Waals surface area contributed by atoms with Crippen LogP contribution in [0.1, 0.15) is 38.2 Å². The van der Waals surface area contributed by atoms with Crippen molar-refractivity contribution in [2.45, 2.75) is 51.2 Å². The quantitative estimate of drug-likeness (QED) is 0.790. The molecule has 1 saturated carbocycles. The van der Waals surface area contributed by atoms with Crippen LogP contribution in [0.25, 0.3) is 0 Å². The van der Waals surface area contributed by atoms with Gasteiger partial charge in [0.05, 0.1) is 13.2 Å². The Morgan fingerprint density at radius 3 is 2.17 bits per heavy atom. The number of halogens is 3. The Kier molecular flexibility index (Phi) is 7.18. The summed E-state index contributed by atoms with van der Waals surface area (Å²) in [6.07, 6.45) is 5.24. The average Bonchev–Trinajstić information content (AvgIpc) is 2.72. The summed E-state index contributed by atoms with van der Waals surface area (Å²) < 4.78 is 37.2. The lowest BCUT2D eigenvalue weighted by atomic mass is 9.60. The number of alkyl halides is 3. The Morgan fingerprint density at radius 1 is 1.17 bits per heavy atom. The zero-order valence-corrected chi connectivity index (χ0v) is 17.2. The van der Waals surface area contributed by atoms with Gasteiger partial charge in [0.25, 0.3) is 0 Å². The molecule has 3 fully saturated rings. The highest BCUT2D eigenvalue weighted by Crippen LogP contribution is 2.51. The molecule has 0 atom stereocenters. The van der Waals surface area contributed by atoms with E-state index in [0.29, 0.717) is 5.41 Å². The van der Waals surface area contributed by atoms with Crippen LogP contribution in [-0.2, 0) is 16.0 Å². The van der Waals surface area contributed by atoms with E-state index in [1.54, 1.807) is 0 Å². The number of piperidine rings is 1. The van der Waals surface area contributed by atoms with Crippen molar-refractivity contribution in [1.82, 2.24) is 14.9 Å². The van der Waals surface area contributed by atoms with Crippen LogP contribution in [0, 0.1) is 5.41 Å². The van der Waals surface area contributed by atoms with Gasteiger partial charge in [-0.2, -0.15) is 13.2 Å². The van der Waals surface area contributed by atoms with Gasteiger partial charge < -0.3 is 14.7 Å². The van der Waals surface area contributed by atoms with Crippen LogP contribution in [0.4, 0.5) is 19.1 Å². The van der Waals surface area contributed by atoms with E-state index < -0.39 is 12.1 Å². The molecule has 0 unspecified atom stereocenters. The third-order valence-corrected chi connectivity index (χ3v) is 6.35. The number of carbonyl (C=O) groups is 1. The van der Waals surface area contributed by atoms with E-state index in [1.165, 1.54) is 31.2 Å². The Balaban J connectivity index is 0.000000318. The van der Waals surface area contributed by atoms with Gasteiger partial charge in [0.2, 0.25) is 5.95 Å². The van der Waals surface area contributed by atoms with E-state index in [0.717, 1.165) is 57.8 Å². The third kappa shape index (κ3) is 5.60. The molecular weight excluding hydrogens is 401 g/mol. The van der Waals surface area contributed by atoms with Gasteiger partial charge in [-0.3, -0.25) is 4.90 Å². The molecule has 2 aliphatic heterocycles. The van der Waals surface area contributed by atoms with E-state index in [1.807, 2.05) is 12.4 Å². The number of carboxylic acids is 1. The summed E-state index contributed by atoms with van der Waals surface area (Å²) in [7, 11) is 0. The summed E-state index contributed by atoms with van der Waals surface area (Å²) >= 11 is 0. The number of rotatable bonds is 3. The number of aromatic nitrogens is 2. The van der Waals surface area contributed by atoms with E-state index in [4.69, 9.17) is 14.6 Å². The minimum absolute atomic E-state index is 0.600.